The van der Waals surface area contributed by atoms with Gasteiger partial charge in [0.05, 0.1) is 0 Å². The molecule has 1 rings (SSSR count). The number of alkyl halides is 1. The van der Waals surface area contributed by atoms with Crippen molar-refractivity contribution in [1.29, 1.82) is 0 Å². The summed E-state index contributed by atoms with van der Waals surface area (Å²) in [6.07, 6.45) is 0. The van der Waals surface area contributed by atoms with E-state index in [2.05, 4.69) is 15.9 Å². The molecule has 62 valence electrons. The maximum absolute atomic E-state index is 13.5. The van der Waals surface area contributed by atoms with Crippen LogP contribution in [0.1, 0.15) is 12.5 Å². The van der Waals surface area contributed by atoms with Crippen molar-refractivity contribution < 1.29 is 4.39 Å². The minimum atomic E-state index is -1.40. The molecule has 0 aromatic carbocycles. The van der Waals surface area contributed by atoms with Crippen molar-refractivity contribution in [2.45, 2.75) is 12.6 Å². The fraction of sp³-hybridized carbons (Fsp3) is 0.429. The zero-order chi connectivity index (χ0) is 8.48. The first-order valence-electron chi connectivity index (χ1n) is 3.19. The van der Waals surface area contributed by atoms with Crippen LogP contribution in [0.3, 0.4) is 0 Å². The maximum Gasteiger partial charge on any atom is 0.147 e. The number of nitrogens with two attached hydrogens (primary N) is 1. The molecule has 0 radical (unpaired) electrons. The average Bonchev–Trinajstić information content (AvgIpc) is 2.36. The fourth-order valence-electron chi connectivity index (χ4n) is 0.763. The van der Waals surface area contributed by atoms with Crippen LogP contribution in [0.15, 0.2) is 15.2 Å². The molecule has 1 atom stereocenters. The smallest absolute Gasteiger partial charge is 0.147 e. The van der Waals surface area contributed by atoms with E-state index in [9.17, 15) is 4.39 Å². The quantitative estimate of drug-likeness (QED) is 0.842. The van der Waals surface area contributed by atoms with E-state index in [0.29, 0.717) is 5.56 Å². The molecule has 1 aromatic heterocycles. The van der Waals surface area contributed by atoms with Crippen LogP contribution < -0.4 is 5.73 Å². The van der Waals surface area contributed by atoms with Gasteiger partial charge < -0.3 is 5.73 Å². The lowest BCUT2D eigenvalue weighted by Crippen LogP contribution is -2.26. The molecule has 0 bridgehead atoms. The van der Waals surface area contributed by atoms with Crippen LogP contribution in [0.25, 0.3) is 0 Å². The third-order valence-corrected chi connectivity index (χ3v) is 3.26. The van der Waals surface area contributed by atoms with Gasteiger partial charge in [0.1, 0.15) is 5.67 Å². The summed E-state index contributed by atoms with van der Waals surface area (Å²) in [5.74, 6) is 0. The second kappa shape index (κ2) is 3.21. The lowest BCUT2D eigenvalue weighted by molar-refractivity contribution is 0.203. The van der Waals surface area contributed by atoms with Crippen molar-refractivity contribution in [3.63, 3.8) is 0 Å². The van der Waals surface area contributed by atoms with Gasteiger partial charge in [-0.2, -0.15) is 11.3 Å². The summed E-state index contributed by atoms with van der Waals surface area (Å²) >= 11 is 4.72. The lowest BCUT2D eigenvalue weighted by Gasteiger charge is -2.16. The van der Waals surface area contributed by atoms with Crippen molar-refractivity contribution in [3.05, 3.63) is 20.8 Å². The zero-order valence-corrected chi connectivity index (χ0v) is 8.51. The van der Waals surface area contributed by atoms with Crippen LogP contribution in [0.2, 0.25) is 0 Å². The minimum Gasteiger partial charge on any atom is -0.327 e. The van der Waals surface area contributed by atoms with E-state index in [-0.39, 0.29) is 6.54 Å². The van der Waals surface area contributed by atoms with Crippen molar-refractivity contribution in [2.75, 3.05) is 6.54 Å². The van der Waals surface area contributed by atoms with Crippen LogP contribution in [-0.4, -0.2) is 6.54 Å². The highest BCUT2D eigenvalue weighted by molar-refractivity contribution is 9.10. The topological polar surface area (TPSA) is 26.0 Å². The van der Waals surface area contributed by atoms with Gasteiger partial charge in [-0.25, -0.2) is 4.39 Å². The Morgan fingerprint density at radius 2 is 2.36 bits per heavy atom. The first-order chi connectivity index (χ1) is 5.08. The van der Waals surface area contributed by atoms with E-state index in [1.54, 1.807) is 5.38 Å². The summed E-state index contributed by atoms with van der Waals surface area (Å²) in [5.41, 5.74) is 4.51. The molecule has 0 fully saturated rings. The van der Waals surface area contributed by atoms with Gasteiger partial charge in [-0.1, -0.05) is 0 Å². The Bertz CT molecular complexity index is 246. The molecule has 0 spiro atoms. The van der Waals surface area contributed by atoms with Gasteiger partial charge in [-0.3, -0.25) is 0 Å². The normalized spacial score (nSPS) is 16.4. The summed E-state index contributed by atoms with van der Waals surface area (Å²) in [6, 6.07) is 0. The summed E-state index contributed by atoms with van der Waals surface area (Å²) in [4.78, 5) is 0. The zero-order valence-electron chi connectivity index (χ0n) is 6.10. The molecule has 4 heteroatoms. The van der Waals surface area contributed by atoms with E-state index < -0.39 is 5.67 Å². The molecule has 0 amide bonds. The summed E-state index contributed by atoms with van der Waals surface area (Å²) in [6.45, 7) is 1.50. The molecule has 0 aliphatic rings. The molecule has 0 saturated heterocycles. The highest BCUT2D eigenvalue weighted by atomic mass is 79.9. The van der Waals surface area contributed by atoms with Crippen molar-refractivity contribution in [3.8, 4) is 0 Å². The van der Waals surface area contributed by atoms with Crippen molar-refractivity contribution in [2.24, 2.45) is 5.73 Å². The Labute approximate surface area is 77.5 Å². The number of hydrogen-bond donors (Lipinski definition) is 1. The molecule has 0 aliphatic carbocycles. The first kappa shape index (κ1) is 9.16. The first-order valence-corrected chi connectivity index (χ1v) is 4.92. The highest BCUT2D eigenvalue weighted by Gasteiger charge is 2.26. The lowest BCUT2D eigenvalue weighted by atomic mass is 10.0. The third-order valence-electron chi connectivity index (χ3n) is 1.56. The molecule has 1 nitrogen and oxygen atoms in total. The van der Waals surface area contributed by atoms with Gasteiger partial charge in [0.25, 0.3) is 0 Å². The monoisotopic (exact) mass is 237 g/mol. The maximum atomic E-state index is 13.5. The van der Waals surface area contributed by atoms with Crippen LogP contribution >= 0.6 is 27.3 Å². The number of rotatable bonds is 2. The molecule has 1 aromatic rings. The van der Waals surface area contributed by atoms with E-state index in [1.807, 2.05) is 5.38 Å². The molecule has 0 aliphatic heterocycles. The fourth-order valence-corrected chi connectivity index (χ4v) is 2.59. The highest BCUT2D eigenvalue weighted by Crippen LogP contribution is 2.33. The Morgan fingerprint density at radius 1 is 1.73 bits per heavy atom. The van der Waals surface area contributed by atoms with Gasteiger partial charge >= 0.3 is 0 Å². The summed E-state index contributed by atoms with van der Waals surface area (Å²) in [7, 11) is 0. The van der Waals surface area contributed by atoms with Gasteiger partial charge in [0.2, 0.25) is 0 Å². The van der Waals surface area contributed by atoms with E-state index in [4.69, 9.17) is 5.73 Å². The predicted octanol–water partition coefficient (Wildman–Crippen LogP) is 2.65. The van der Waals surface area contributed by atoms with Crippen LogP contribution in [0.5, 0.6) is 0 Å². The van der Waals surface area contributed by atoms with Crippen LogP contribution in [0, 0.1) is 0 Å². The van der Waals surface area contributed by atoms with Gasteiger partial charge in [0.15, 0.2) is 0 Å². The minimum absolute atomic E-state index is 0.0162. The standard InChI is InChI=1S/C7H9BrFNS/c1-7(9,4-10)5-2-11-3-6(5)8/h2-3H,4,10H2,1H3. The second-order valence-electron chi connectivity index (χ2n) is 2.53. The molecular weight excluding hydrogens is 229 g/mol. The molecule has 1 heterocycles. The van der Waals surface area contributed by atoms with Gasteiger partial charge in [0, 0.05) is 22.0 Å². The van der Waals surface area contributed by atoms with Gasteiger partial charge in [-0.05, 0) is 28.2 Å². The number of thiophene rings is 1. The number of halogens is 2. The van der Waals surface area contributed by atoms with E-state index >= 15 is 0 Å². The molecule has 0 saturated carbocycles. The van der Waals surface area contributed by atoms with Crippen molar-refractivity contribution in [1.82, 2.24) is 0 Å². The van der Waals surface area contributed by atoms with Crippen molar-refractivity contribution >= 4 is 27.3 Å². The Balaban J connectivity index is 3.00. The Kier molecular flexibility index (Phi) is 2.67. The van der Waals surface area contributed by atoms with E-state index in [0.717, 1.165) is 4.47 Å². The molecule has 1 unspecified atom stereocenters. The van der Waals surface area contributed by atoms with Gasteiger partial charge in [-0.15, -0.1) is 0 Å². The molecule has 2 N–H and O–H groups in total. The predicted molar refractivity (Wildman–Crippen MR) is 49.5 cm³/mol. The molecule has 11 heavy (non-hydrogen) atoms. The summed E-state index contributed by atoms with van der Waals surface area (Å²) < 4.78 is 14.3. The Morgan fingerprint density at radius 3 is 2.73 bits per heavy atom. The largest absolute Gasteiger partial charge is 0.327 e. The summed E-state index contributed by atoms with van der Waals surface area (Å²) in [5, 5.41) is 3.62. The third kappa shape index (κ3) is 1.80. The van der Waals surface area contributed by atoms with Crippen LogP contribution in [-0.2, 0) is 5.67 Å². The Hall–Kier alpha value is 0.0700. The second-order valence-corrected chi connectivity index (χ2v) is 4.13. The number of hydrogen-bond acceptors (Lipinski definition) is 2. The van der Waals surface area contributed by atoms with E-state index in [1.165, 1.54) is 18.3 Å². The SMILES string of the molecule is CC(F)(CN)c1cscc1Br. The molecular formula is C7H9BrFNS. The average molecular weight is 238 g/mol. The van der Waals surface area contributed by atoms with Crippen LogP contribution in [0.4, 0.5) is 4.39 Å².